The van der Waals surface area contributed by atoms with Gasteiger partial charge in [0.15, 0.2) is 5.75 Å². The molecular weight excluding hydrogens is 214 g/mol. The highest BCUT2D eigenvalue weighted by Gasteiger charge is 2.10. The number of rotatable bonds is 3. The fourth-order valence-electron chi connectivity index (χ4n) is 1.03. The van der Waals surface area contributed by atoms with E-state index in [1.807, 2.05) is 6.07 Å². The fourth-order valence-corrected chi connectivity index (χ4v) is 1.29. The van der Waals surface area contributed by atoms with Crippen LogP contribution in [0.1, 0.15) is 5.56 Å². The Balaban J connectivity index is 3.15. The number of ether oxygens (including phenoxy) is 2. The van der Waals surface area contributed by atoms with E-state index in [0.717, 1.165) is 0 Å². The average Bonchev–Trinajstić information content (AvgIpc) is 2.26. The van der Waals surface area contributed by atoms with Crippen LogP contribution in [0.4, 0.5) is 0 Å². The molecule has 0 radical (unpaired) electrons. The summed E-state index contributed by atoms with van der Waals surface area (Å²) < 4.78 is 10.1. The van der Waals surface area contributed by atoms with Gasteiger partial charge < -0.3 is 9.47 Å². The number of hydrogen-bond donors (Lipinski definition) is 0. The second kappa shape index (κ2) is 5.14. The highest BCUT2D eigenvalue weighted by Crippen LogP contribution is 2.32. The number of hydrogen-bond acceptors (Lipinski definition) is 3. The standard InChI is InChI=1S/C11H8ClNO2/c1-3-4-15-11-8(7-13)5-9(14-2)6-10(11)12/h1,5-6H,4H2,2H3. The summed E-state index contributed by atoms with van der Waals surface area (Å²) in [6.45, 7) is 0.0702. The van der Waals surface area contributed by atoms with Crippen molar-refractivity contribution in [1.82, 2.24) is 0 Å². The van der Waals surface area contributed by atoms with Gasteiger partial charge in [-0.3, -0.25) is 0 Å². The Morgan fingerprint density at radius 2 is 2.27 bits per heavy atom. The van der Waals surface area contributed by atoms with E-state index in [9.17, 15) is 0 Å². The van der Waals surface area contributed by atoms with Crippen LogP contribution in [0.15, 0.2) is 12.1 Å². The SMILES string of the molecule is C#CCOc1c(Cl)cc(OC)cc1C#N. The molecule has 0 bridgehead atoms. The normalized spacial score (nSPS) is 8.80. The number of halogens is 1. The summed E-state index contributed by atoms with van der Waals surface area (Å²) in [5.41, 5.74) is 0.301. The van der Waals surface area contributed by atoms with Crippen molar-refractivity contribution in [1.29, 1.82) is 5.26 Å². The quantitative estimate of drug-likeness (QED) is 0.735. The molecule has 1 aromatic rings. The highest BCUT2D eigenvalue weighted by molar-refractivity contribution is 6.32. The zero-order chi connectivity index (χ0) is 11.3. The molecule has 1 aromatic carbocycles. The van der Waals surface area contributed by atoms with E-state index >= 15 is 0 Å². The molecule has 0 heterocycles. The molecule has 0 N–H and O–H groups in total. The first kappa shape index (κ1) is 11.2. The van der Waals surface area contributed by atoms with Crippen LogP contribution in [0.3, 0.4) is 0 Å². The largest absolute Gasteiger partial charge is 0.497 e. The minimum atomic E-state index is 0.0702. The Morgan fingerprint density at radius 1 is 1.53 bits per heavy atom. The summed E-state index contributed by atoms with van der Waals surface area (Å²) in [5.74, 6) is 3.10. The molecule has 0 fully saturated rings. The van der Waals surface area contributed by atoms with E-state index in [-0.39, 0.29) is 12.4 Å². The molecule has 0 aliphatic heterocycles. The Bertz CT molecular complexity index is 443. The van der Waals surface area contributed by atoms with Crippen molar-refractivity contribution in [2.24, 2.45) is 0 Å². The molecule has 0 unspecified atom stereocenters. The molecule has 0 spiro atoms. The third kappa shape index (κ3) is 2.56. The minimum absolute atomic E-state index is 0.0702. The van der Waals surface area contributed by atoms with Crippen LogP contribution >= 0.6 is 11.6 Å². The summed E-state index contributed by atoms with van der Waals surface area (Å²) >= 11 is 5.90. The molecule has 0 aromatic heterocycles. The third-order valence-corrected chi connectivity index (χ3v) is 1.95. The summed E-state index contributed by atoms with van der Waals surface area (Å²) in [4.78, 5) is 0. The molecule has 0 aliphatic carbocycles. The van der Waals surface area contributed by atoms with Crippen LogP contribution in [0.5, 0.6) is 11.5 Å². The number of benzene rings is 1. The second-order valence-electron chi connectivity index (χ2n) is 2.59. The van der Waals surface area contributed by atoms with Crippen molar-refractivity contribution >= 4 is 11.6 Å². The van der Waals surface area contributed by atoms with E-state index in [4.69, 9.17) is 32.8 Å². The van der Waals surface area contributed by atoms with Crippen LogP contribution in [0, 0.1) is 23.7 Å². The smallest absolute Gasteiger partial charge is 0.157 e. The third-order valence-electron chi connectivity index (χ3n) is 1.67. The number of methoxy groups -OCH3 is 1. The highest BCUT2D eigenvalue weighted by atomic mass is 35.5. The van der Waals surface area contributed by atoms with Crippen LogP contribution < -0.4 is 9.47 Å². The topological polar surface area (TPSA) is 42.2 Å². The van der Waals surface area contributed by atoms with E-state index < -0.39 is 0 Å². The molecular formula is C11H8ClNO2. The van der Waals surface area contributed by atoms with Crippen molar-refractivity contribution < 1.29 is 9.47 Å². The van der Waals surface area contributed by atoms with Gasteiger partial charge in [0.25, 0.3) is 0 Å². The lowest BCUT2D eigenvalue weighted by atomic mass is 10.2. The lowest BCUT2D eigenvalue weighted by Crippen LogP contribution is -1.97. The van der Waals surface area contributed by atoms with Gasteiger partial charge in [0.05, 0.1) is 17.7 Å². The summed E-state index contributed by atoms with van der Waals surface area (Å²) in [6, 6.07) is 5.07. The van der Waals surface area contributed by atoms with Crippen molar-refractivity contribution in [3.8, 4) is 29.9 Å². The minimum Gasteiger partial charge on any atom is -0.497 e. The van der Waals surface area contributed by atoms with Crippen molar-refractivity contribution in [3.05, 3.63) is 22.7 Å². The lowest BCUT2D eigenvalue weighted by molar-refractivity contribution is 0.367. The molecule has 0 amide bonds. The predicted octanol–water partition coefficient (Wildman–Crippen LogP) is 2.23. The Morgan fingerprint density at radius 3 is 2.80 bits per heavy atom. The zero-order valence-corrected chi connectivity index (χ0v) is 8.84. The summed E-state index contributed by atoms with van der Waals surface area (Å²) in [6.07, 6.45) is 5.05. The maximum atomic E-state index is 8.87. The first-order valence-electron chi connectivity index (χ1n) is 4.06. The fraction of sp³-hybridized carbons (Fsp3) is 0.182. The molecule has 1 rings (SSSR count). The summed E-state index contributed by atoms with van der Waals surface area (Å²) in [5, 5.41) is 9.17. The van der Waals surface area contributed by atoms with Crippen molar-refractivity contribution in [2.75, 3.05) is 13.7 Å². The molecule has 3 nitrogen and oxygen atoms in total. The van der Waals surface area contributed by atoms with Crippen LogP contribution in [-0.4, -0.2) is 13.7 Å². The second-order valence-corrected chi connectivity index (χ2v) is 3.00. The maximum Gasteiger partial charge on any atom is 0.157 e. The monoisotopic (exact) mass is 221 g/mol. The molecule has 76 valence electrons. The van der Waals surface area contributed by atoms with Crippen LogP contribution in [0.25, 0.3) is 0 Å². The van der Waals surface area contributed by atoms with Crippen molar-refractivity contribution in [3.63, 3.8) is 0 Å². The lowest BCUT2D eigenvalue weighted by Gasteiger charge is -2.08. The first-order chi connectivity index (χ1) is 7.22. The molecule has 0 aliphatic rings. The van der Waals surface area contributed by atoms with Gasteiger partial charge in [-0.15, -0.1) is 6.42 Å². The zero-order valence-electron chi connectivity index (χ0n) is 8.08. The van der Waals surface area contributed by atoms with Gasteiger partial charge in [-0.25, -0.2) is 0 Å². The van der Waals surface area contributed by atoms with Gasteiger partial charge in [-0.1, -0.05) is 17.5 Å². The molecule has 4 heteroatoms. The van der Waals surface area contributed by atoms with E-state index in [1.54, 1.807) is 6.07 Å². The molecule has 15 heavy (non-hydrogen) atoms. The first-order valence-corrected chi connectivity index (χ1v) is 4.44. The van der Waals surface area contributed by atoms with Gasteiger partial charge in [-0.2, -0.15) is 5.26 Å². The number of nitriles is 1. The Hall–Kier alpha value is -1.84. The van der Waals surface area contributed by atoms with Crippen LogP contribution in [-0.2, 0) is 0 Å². The van der Waals surface area contributed by atoms with Gasteiger partial charge in [-0.05, 0) is 0 Å². The van der Waals surface area contributed by atoms with Gasteiger partial charge >= 0.3 is 0 Å². The Kier molecular flexibility index (Phi) is 3.85. The van der Waals surface area contributed by atoms with Crippen LogP contribution in [0.2, 0.25) is 5.02 Å². The predicted molar refractivity (Wildman–Crippen MR) is 57.0 cm³/mol. The van der Waals surface area contributed by atoms with Gasteiger partial charge in [0.2, 0.25) is 0 Å². The van der Waals surface area contributed by atoms with E-state index in [0.29, 0.717) is 16.3 Å². The Labute approximate surface area is 93.2 Å². The summed E-state index contributed by atoms with van der Waals surface area (Å²) in [7, 11) is 1.49. The number of terminal acetylenes is 1. The van der Waals surface area contributed by atoms with Crippen molar-refractivity contribution in [2.45, 2.75) is 0 Å². The number of nitrogens with zero attached hydrogens (tertiary/aromatic N) is 1. The maximum absolute atomic E-state index is 8.87. The average molecular weight is 222 g/mol. The molecule has 0 saturated heterocycles. The van der Waals surface area contributed by atoms with Gasteiger partial charge in [0.1, 0.15) is 18.4 Å². The van der Waals surface area contributed by atoms with Gasteiger partial charge in [0, 0.05) is 12.1 Å². The molecule has 0 saturated carbocycles. The van der Waals surface area contributed by atoms with E-state index in [2.05, 4.69) is 5.92 Å². The van der Waals surface area contributed by atoms with E-state index in [1.165, 1.54) is 13.2 Å². The molecule has 0 atom stereocenters.